The van der Waals surface area contributed by atoms with Crippen LogP contribution in [0.3, 0.4) is 0 Å². The van der Waals surface area contributed by atoms with Gasteiger partial charge in [-0.25, -0.2) is 12.8 Å². The summed E-state index contributed by atoms with van der Waals surface area (Å²) in [5, 5.41) is 7.07. The van der Waals surface area contributed by atoms with E-state index in [9.17, 15) is 22.4 Å². The van der Waals surface area contributed by atoms with Crippen molar-refractivity contribution in [3.63, 3.8) is 0 Å². The number of hydrogen-bond acceptors (Lipinski definition) is 6. The predicted molar refractivity (Wildman–Crippen MR) is 124 cm³/mol. The van der Waals surface area contributed by atoms with Crippen molar-refractivity contribution in [1.82, 2.24) is 9.78 Å². The van der Waals surface area contributed by atoms with E-state index in [0.717, 1.165) is 10.7 Å². The van der Waals surface area contributed by atoms with Crippen LogP contribution in [-0.2, 0) is 21.2 Å². The standard InChI is InChI=1S/C23H23FN4O5S/c1-4-17-22(23-25-20(29)9-10-21(30)28(23)26-17)14-6-8-18(33-3)19(11-14)34(31,32)27-15-7-5-13(2)16(24)12-15/h5-8,11-12,27H,4,9-10H2,1-3H3,(H,25,29). The van der Waals surface area contributed by atoms with Crippen molar-refractivity contribution in [2.75, 3.05) is 17.1 Å². The van der Waals surface area contributed by atoms with Gasteiger partial charge in [0.1, 0.15) is 22.3 Å². The number of nitrogens with one attached hydrogen (secondary N) is 2. The van der Waals surface area contributed by atoms with E-state index in [1.165, 1.54) is 31.4 Å². The van der Waals surface area contributed by atoms with E-state index in [1.807, 2.05) is 6.92 Å². The Morgan fingerprint density at radius 2 is 1.94 bits per heavy atom. The second-order valence-corrected chi connectivity index (χ2v) is 9.46. The third-order valence-electron chi connectivity index (χ3n) is 5.52. The fourth-order valence-corrected chi connectivity index (χ4v) is 4.99. The monoisotopic (exact) mass is 486 g/mol. The average molecular weight is 487 g/mol. The molecule has 2 N–H and O–H groups in total. The zero-order valence-corrected chi connectivity index (χ0v) is 19.6. The molecular formula is C23H23FN4O5S. The Morgan fingerprint density at radius 3 is 2.62 bits per heavy atom. The molecule has 1 aliphatic heterocycles. The Balaban J connectivity index is 1.85. The van der Waals surface area contributed by atoms with Crippen LogP contribution in [0.5, 0.6) is 5.75 Å². The van der Waals surface area contributed by atoms with Crippen LogP contribution in [-0.4, -0.2) is 37.1 Å². The van der Waals surface area contributed by atoms with Crippen LogP contribution in [0.2, 0.25) is 0 Å². The lowest BCUT2D eigenvalue weighted by Crippen LogP contribution is -2.15. The first-order valence-corrected chi connectivity index (χ1v) is 12.0. The molecule has 1 aliphatic rings. The zero-order valence-electron chi connectivity index (χ0n) is 18.8. The van der Waals surface area contributed by atoms with Crippen LogP contribution in [0.25, 0.3) is 11.1 Å². The minimum Gasteiger partial charge on any atom is -0.495 e. The van der Waals surface area contributed by atoms with Crippen molar-refractivity contribution in [3.8, 4) is 16.9 Å². The van der Waals surface area contributed by atoms with Gasteiger partial charge in [0.25, 0.3) is 10.0 Å². The van der Waals surface area contributed by atoms with Gasteiger partial charge in [-0.15, -0.1) is 0 Å². The Hall–Kier alpha value is -3.73. The Kier molecular flexibility index (Phi) is 6.13. The molecule has 2 heterocycles. The molecule has 178 valence electrons. The van der Waals surface area contributed by atoms with Crippen LogP contribution < -0.4 is 14.8 Å². The van der Waals surface area contributed by atoms with Gasteiger partial charge in [0.05, 0.1) is 18.5 Å². The van der Waals surface area contributed by atoms with E-state index in [2.05, 4.69) is 15.1 Å². The first kappa shape index (κ1) is 23.4. The molecule has 0 saturated carbocycles. The molecular weight excluding hydrogens is 463 g/mol. The van der Waals surface area contributed by atoms with Crippen LogP contribution in [0.1, 0.15) is 35.8 Å². The van der Waals surface area contributed by atoms with Crippen LogP contribution in [0, 0.1) is 12.7 Å². The van der Waals surface area contributed by atoms with Crippen molar-refractivity contribution >= 4 is 33.3 Å². The van der Waals surface area contributed by atoms with Crippen molar-refractivity contribution in [1.29, 1.82) is 0 Å². The highest BCUT2D eigenvalue weighted by Crippen LogP contribution is 2.37. The third-order valence-corrected chi connectivity index (χ3v) is 6.92. The molecule has 2 aromatic carbocycles. The summed E-state index contributed by atoms with van der Waals surface area (Å²) < 4.78 is 49.2. The van der Waals surface area contributed by atoms with Gasteiger partial charge in [0.15, 0.2) is 0 Å². The molecule has 3 aromatic rings. The molecule has 0 radical (unpaired) electrons. The molecule has 0 atom stereocenters. The fourth-order valence-electron chi connectivity index (χ4n) is 3.74. The van der Waals surface area contributed by atoms with Crippen molar-refractivity contribution in [2.24, 2.45) is 0 Å². The number of nitrogens with zero attached hydrogens (tertiary/aromatic N) is 2. The number of benzene rings is 2. The number of amides is 1. The Labute approximate surface area is 196 Å². The lowest BCUT2D eigenvalue weighted by atomic mass is 10.0. The van der Waals surface area contributed by atoms with Crippen LogP contribution in [0.15, 0.2) is 41.3 Å². The topological polar surface area (TPSA) is 119 Å². The van der Waals surface area contributed by atoms with Gasteiger partial charge in [-0.3, -0.25) is 14.3 Å². The highest BCUT2D eigenvalue weighted by atomic mass is 32.2. The normalized spacial score (nSPS) is 13.8. The largest absolute Gasteiger partial charge is 0.495 e. The first-order valence-electron chi connectivity index (χ1n) is 10.6. The summed E-state index contributed by atoms with van der Waals surface area (Å²) in [6, 6.07) is 8.50. The molecule has 1 aromatic heterocycles. The number of ether oxygens (including phenoxy) is 1. The van der Waals surface area contributed by atoms with E-state index < -0.39 is 15.8 Å². The summed E-state index contributed by atoms with van der Waals surface area (Å²) in [6.45, 7) is 3.41. The van der Waals surface area contributed by atoms with E-state index >= 15 is 0 Å². The van der Waals surface area contributed by atoms with Gasteiger partial charge in [-0.05, 0) is 48.7 Å². The van der Waals surface area contributed by atoms with Gasteiger partial charge < -0.3 is 10.1 Å². The lowest BCUT2D eigenvalue weighted by molar-refractivity contribution is -0.116. The van der Waals surface area contributed by atoms with Crippen molar-refractivity contribution in [3.05, 3.63) is 53.5 Å². The molecule has 4 rings (SSSR count). The number of anilines is 2. The number of rotatable bonds is 6. The van der Waals surface area contributed by atoms with Gasteiger partial charge in [-0.1, -0.05) is 19.1 Å². The number of hydrogen-bond donors (Lipinski definition) is 2. The van der Waals surface area contributed by atoms with Gasteiger partial charge >= 0.3 is 0 Å². The van der Waals surface area contributed by atoms with Crippen molar-refractivity contribution in [2.45, 2.75) is 38.0 Å². The predicted octanol–water partition coefficient (Wildman–Crippen LogP) is 3.74. The number of fused-ring (bicyclic) bond motifs is 1. The Morgan fingerprint density at radius 1 is 1.18 bits per heavy atom. The zero-order chi connectivity index (χ0) is 24.6. The number of carbonyl (C=O) groups excluding carboxylic acids is 2. The number of aromatic nitrogens is 2. The van der Waals surface area contributed by atoms with Crippen molar-refractivity contribution < 1.29 is 27.1 Å². The van der Waals surface area contributed by atoms with E-state index in [1.54, 1.807) is 13.0 Å². The first-order chi connectivity index (χ1) is 16.1. The molecule has 1 amide bonds. The van der Waals surface area contributed by atoms with E-state index in [-0.39, 0.29) is 46.8 Å². The number of aryl methyl sites for hydroxylation is 2. The highest BCUT2D eigenvalue weighted by molar-refractivity contribution is 7.92. The van der Waals surface area contributed by atoms with Crippen LogP contribution in [0.4, 0.5) is 15.9 Å². The minimum absolute atomic E-state index is 0.0162. The summed E-state index contributed by atoms with van der Waals surface area (Å²) in [5.41, 5.74) is 1.83. The van der Waals surface area contributed by atoms with Crippen LogP contribution >= 0.6 is 0 Å². The molecule has 34 heavy (non-hydrogen) atoms. The third kappa shape index (κ3) is 4.26. The second-order valence-electron chi connectivity index (χ2n) is 7.81. The molecule has 0 unspecified atom stereocenters. The lowest BCUT2D eigenvalue weighted by Gasteiger charge is -2.14. The maximum atomic E-state index is 14.0. The second kappa shape index (κ2) is 8.90. The SMILES string of the molecule is CCc1nn2c(c1-c1ccc(OC)c(S(=O)(=O)Nc3ccc(C)c(F)c3)c1)NC(=O)CCC2=O. The van der Waals surface area contributed by atoms with E-state index in [4.69, 9.17) is 4.74 Å². The molecule has 0 saturated heterocycles. The number of methoxy groups -OCH3 is 1. The maximum absolute atomic E-state index is 14.0. The molecule has 0 fully saturated rings. The summed E-state index contributed by atoms with van der Waals surface area (Å²) >= 11 is 0. The van der Waals surface area contributed by atoms with Gasteiger partial charge in [0, 0.05) is 18.4 Å². The average Bonchev–Trinajstić information content (AvgIpc) is 3.10. The number of sulfonamides is 1. The molecule has 11 heteroatoms. The highest BCUT2D eigenvalue weighted by Gasteiger charge is 2.29. The van der Waals surface area contributed by atoms with E-state index in [0.29, 0.717) is 28.8 Å². The Bertz CT molecular complexity index is 1410. The molecule has 0 aliphatic carbocycles. The van der Waals surface area contributed by atoms with Gasteiger partial charge in [-0.2, -0.15) is 9.78 Å². The molecule has 9 nitrogen and oxygen atoms in total. The molecule has 0 spiro atoms. The molecule has 0 bridgehead atoms. The summed E-state index contributed by atoms with van der Waals surface area (Å²) in [5.74, 6) is -0.942. The number of carbonyl (C=O) groups is 2. The summed E-state index contributed by atoms with van der Waals surface area (Å²) in [6.07, 6.45) is 0.484. The fraction of sp³-hybridized carbons (Fsp3) is 0.261. The summed E-state index contributed by atoms with van der Waals surface area (Å²) in [7, 11) is -2.86. The quantitative estimate of drug-likeness (QED) is 0.548. The maximum Gasteiger partial charge on any atom is 0.265 e. The number of halogens is 1. The summed E-state index contributed by atoms with van der Waals surface area (Å²) in [4.78, 5) is 24.5. The van der Waals surface area contributed by atoms with Gasteiger partial charge in [0.2, 0.25) is 11.8 Å². The minimum atomic E-state index is -4.19. The smallest absolute Gasteiger partial charge is 0.265 e.